The van der Waals surface area contributed by atoms with Crippen LogP contribution in [0.3, 0.4) is 0 Å². The molecule has 0 aliphatic heterocycles. The van der Waals surface area contributed by atoms with Crippen LogP contribution in [0.1, 0.15) is 20.8 Å². The first kappa shape index (κ1) is 14.2. The van der Waals surface area contributed by atoms with Gasteiger partial charge in [0, 0.05) is 12.0 Å². The molecule has 0 bridgehead atoms. The van der Waals surface area contributed by atoms with E-state index >= 15 is 0 Å². The molecular weight excluding hydrogens is 238 g/mol. The monoisotopic (exact) mass is 257 g/mol. The summed E-state index contributed by atoms with van der Waals surface area (Å²) in [5.41, 5.74) is 4.62. The predicted molar refractivity (Wildman–Crippen MR) is 67.1 cm³/mol. The summed E-state index contributed by atoms with van der Waals surface area (Å²) < 4.78 is 24.8. The average molecular weight is 257 g/mol. The minimum Gasteiger partial charge on any atom is -0.373 e. The van der Waals surface area contributed by atoms with Crippen LogP contribution in [0.4, 0.5) is 0 Å². The molecule has 1 aromatic carbocycles. The van der Waals surface area contributed by atoms with Gasteiger partial charge in [0.05, 0.1) is 4.90 Å². The van der Waals surface area contributed by atoms with E-state index in [-0.39, 0.29) is 11.4 Å². The third-order valence-electron chi connectivity index (χ3n) is 2.95. The molecule has 1 rings (SSSR count). The van der Waals surface area contributed by atoms with Gasteiger partial charge in [0.15, 0.2) is 4.93 Å². The Labute approximate surface area is 102 Å². The van der Waals surface area contributed by atoms with E-state index < -0.39 is 20.2 Å². The lowest BCUT2D eigenvalue weighted by Gasteiger charge is -2.38. The van der Waals surface area contributed by atoms with Gasteiger partial charge < -0.3 is 10.8 Å². The molecule has 0 aliphatic rings. The van der Waals surface area contributed by atoms with Gasteiger partial charge in [-0.3, -0.25) is 0 Å². The highest BCUT2D eigenvalue weighted by molar-refractivity contribution is 7.92. The summed E-state index contributed by atoms with van der Waals surface area (Å²) in [4.78, 5) is -1.88. The minimum absolute atomic E-state index is 0.0860. The first-order valence-electron chi connectivity index (χ1n) is 5.39. The van der Waals surface area contributed by atoms with Crippen molar-refractivity contribution >= 4 is 9.84 Å². The zero-order chi connectivity index (χ0) is 13.3. The fraction of sp³-hybridized carbons (Fsp3) is 0.500. The SMILES string of the molecule is CC(C)(C)C(O)(CN)S(=O)(=O)c1ccccc1. The fourth-order valence-corrected chi connectivity index (χ4v) is 3.54. The van der Waals surface area contributed by atoms with Crippen LogP contribution < -0.4 is 5.73 Å². The van der Waals surface area contributed by atoms with Crippen LogP contribution >= 0.6 is 0 Å². The molecule has 0 amide bonds. The maximum absolute atomic E-state index is 12.4. The van der Waals surface area contributed by atoms with E-state index in [2.05, 4.69) is 0 Å². The number of nitrogens with two attached hydrogens (primary N) is 1. The summed E-state index contributed by atoms with van der Waals surface area (Å²) in [5.74, 6) is 0. The molecule has 1 aromatic rings. The molecule has 0 aliphatic carbocycles. The molecule has 17 heavy (non-hydrogen) atoms. The summed E-state index contributed by atoms with van der Waals surface area (Å²) >= 11 is 0. The van der Waals surface area contributed by atoms with Gasteiger partial charge in [-0.2, -0.15) is 0 Å². The van der Waals surface area contributed by atoms with Crippen molar-refractivity contribution in [3.8, 4) is 0 Å². The number of rotatable bonds is 3. The van der Waals surface area contributed by atoms with Crippen LogP contribution in [-0.2, 0) is 9.84 Å². The van der Waals surface area contributed by atoms with E-state index in [0.29, 0.717) is 0 Å². The first-order valence-corrected chi connectivity index (χ1v) is 6.87. The number of benzene rings is 1. The van der Waals surface area contributed by atoms with Crippen LogP contribution in [0, 0.1) is 5.41 Å². The molecule has 5 heteroatoms. The van der Waals surface area contributed by atoms with Gasteiger partial charge in [0.2, 0.25) is 9.84 Å². The predicted octanol–water partition coefficient (Wildman–Crippen LogP) is 1.15. The van der Waals surface area contributed by atoms with Crippen LogP contribution in [0.2, 0.25) is 0 Å². The molecule has 3 N–H and O–H groups in total. The third-order valence-corrected chi connectivity index (χ3v) is 5.51. The Hall–Kier alpha value is -0.910. The Kier molecular flexibility index (Phi) is 3.66. The molecule has 1 unspecified atom stereocenters. The molecule has 1 atom stereocenters. The molecular formula is C12H19NO3S. The molecule has 0 radical (unpaired) electrons. The Morgan fingerprint density at radius 1 is 1.18 bits per heavy atom. The van der Waals surface area contributed by atoms with E-state index in [1.54, 1.807) is 39.0 Å². The van der Waals surface area contributed by atoms with Crippen LogP contribution in [0.25, 0.3) is 0 Å². The quantitative estimate of drug-likeness (QED) is 0.851. The number of aliphatic hydroxyl groups is 1. The second-order valence-electron chi connectivity index (χ2n) is 5.05. The molecule has 0 heterocycles. The van der Waals surface area contributed by atoms with Gasteiger partial charge in [-0.25, -0.2) is 8.42 Å². The standard InChI is InChI=1S/C12H19NO3S/c1-11(2,3)12(14,9-13)17(15,16)10-7-5-4-6-8-10/h4-8,14H,9,13H2,1-3H3. The summed E-state index contributed by atoms with van der Waals surface area (Å²) in [6.07, 6.45) is 0. The average Bonchev–Trinajstić information content (AvgIpc) is 2.27. The van der Waals surface area contributed by atoms with E-state index in [1.807, 2.05) is 0 Å². The zero-order valence-corrected chi connectivity index (χ0v) is 11.2. The Morgan fingerprint density at radius 3 is 2.00 bits per heavy atom. The summed E-state index contributed by atoms with van der Waals surface area (Å²) in [5, 5.41) is 10.4. The lowest BCUT2D eigenvalue weighted by molar-refractivity contribution is 0.0261. The van der Waals surface area contributed by atoms with Crippen molar-refractivity contribution in [2.24, 2.45) is 11.1 Å². The van der Waals surface area contributed by atoms with E-state index in [1.165, 1.54) is 12.1 Å². The first-order chi connectivity index (χ1) is 7.67. The van der Waals surface area contributed by atoms with Gasteiger partial charge in [-0.1, -0.05) is 39.0 Å². The summed E-state index contributed by atoms with van der Waals surface area (Å²) in [6.45, 7) is 4.62. The van der Waals surface area contributed by atoms with Crippen molar-refractivity contribution < 1.29 is 13.5 Å². The van der Waals surface area contributed by atoms with Crippen molar-refractivity contribution in [3.63, 3.8) is 0 Å². The number of hydrogen-bond acceptors (Lipinski definition) is 4. The van der Waals surface area contributed by atoms with Crippen LogP contribution in [0.15, 0.2) is 35.2 Å². The molecule has 0 aromatic heterocycles. The Balaban J connectivity index is 3.41. The van der Waals surface area contributed by atoms with Gasteiger partial charge >= 0.3 is 0 Å². The normalized spacial score (nSPS) is 16.5. The molecule has 4 nitrogen and oxygen atoms in total. The maximum Gasteiger partial charge on any atom is 0.209 e. The third kappa shape index (κ3) is 2.22. The van der Waals surface area contributed by atoms with Gasteiger partial charge in [-0.15, -0.1) is 0 Å². The highest BCUT2D eigenvalue weighted by Gasteiger charge is 2.50. The van der Waals surface area contributed by atoms with E-state index in [4.69, 9.17) is 5.73 Å². The summed E-state index contributed by atoms with van der Waals surface area (Å²) in [6, 6.07) is 7.87. The van der Waals surface area contributed by atoms with Crippen molar-refractivity contribution in [1.82, 2.24) is 0 Å². The minimum atomic E-state index is -3.88. The molecule has 0 saturated carbocycles. The topological polar surface area (TPSA) is 80.4 Å². The molecule has 0 fully saturated rings. The maximum atomic E-state index is 12.4. The Morgan fingerprint density at radius 2 is 1.65 bits per heavy atom. The smallest absolute Gasteiger partial charge is 0.209 e. The van der Waals surface area contributed by atoms with Crippen LogP contribution in [0.5, 0.6) is 0 Å². The van der Waals surface area contributed by atoms with E-state index in [0.717, 1.165) is 0 Å². The van der Waals surface area contributed by atoms with Crippen molar-refractivity contribution in [2.75, 3.05) is 6.54 Å². The lowest BCUT2D eigenvalue weighted by atomic mass is 9.88. The highest BCUT2D eigenvalue weighted by Crippen LogP contribution is 2.37. The van der Waals surface area contributed by atoms with Gasteiger partial charge in [0.25, 0.3) is 0 Å². The second kappa shape index (κ2) is 4.40. The molecule has 96 valence electrons. The van der Waals surface area contributed by atoms with Crippen molar-refractivity contribution in [1.29, 1.82) is 0 Å². The Bertz CT molecular complexity index is 476. The number of sulfone groups is 1. The number of hydrogen-bond donors (Lipinski definition) is 2. The van der Waals surface area contributed by atoms with Crippen molar-refractivity contribution in [2.45, 2.75) is 30.6 Å². The van der Waals surface area contributed by atoms with E-state index in [9.17, 15) is 13.5 Å². The highest BCUT2D eigenvalue weighted by atomic mass is 32.2. The lowest BCUT2D eigenvalue weighted by Crippen LogP contribution is -2.55. The van der Waals surface area contributed by atoms with Crippen molar-refractivity contribution in [3.05, 3.63) is 30.3 Å². The fourth-order valence-electron chi connectivity index (χ4n) is 1.61. The summed E-state index contributed by atoms with van der Waals surface area (Å²) in [7, 11) is -3.88. The van der Waals surface area contributed by atoms with Gasteiger partial charge in [0.1, 0.15) is 0 Å². The molecule has 0 spiro atoms. The largest absolute Gasteiger partial charge is 0.373 e. The second-order valence-corrected chi connectivity index (χ2v) is 7.21. The van der Waals surface area contributed by atoms with Crippen LogP contribution in [-0.4, -0.2) is 25.0 Å². The molecule has 0 saturated heterocycles. The van der Waals surface area contributed by atoms with Gasteiger partial charge in [-0.05, 0) is 12.1 Å². The zero-order valence-electron chi connectivity index (χ0n) is 10.3.